The SMILES string of the molecule is COC(CCO)C(N)C(O)C(O)C(C)CO.CS. The van der Waals surface area contributed by atoms with Gasteiger partial charge < -0.3 is 30.9 Å². The Morgan fingerprint density at radius 1 is 1.17 bits per heavy atom. The highest BCUT2D eigenvalue weighted by Gasteiger charge is 2.32. The van der Waals surface area contributed by atoms with E-state index >= 15 is 0 Å². The zero-order valence-corrected chi connectivity index (χ0v) is 12.1. The molecule has 0 aromatic rings. The molecular weight excluding hydrogens is 258 g/mol. The maximum absolute atomic E-state index is 9.77. The summed E-state index contributed by atoms with van der Waals surface area (Å²) < 4.78 is 5.02. The molecule has 0 heterocycles. The highest BCUT2D eigenvalue weighted by molar-refractivity contribution is 7.79. The van der Waals surface area contributed by atoms with Gasteiger partial charge >= 0.3 is 0 Å². The topological polar surface area (TPSA) is 116 Å². The molecule has 5 unspecified atom stereocenters. The number of hydrogen-bond acceptors (Lipinski definition) is 7. The summed E-state index contributed by atoms with van der Waals surface area (Å²) in [6, 6.07) is -0.804. The van der Waals surface area contributed by atoms with E-state index in [4.69, 9.17) is 20.7 Å². The molecule has 18 heavy (non-hydrogen) atoms. The van der Waals surface area contributed by atoms with Gasteiger partial charge in [-0.2, -0.15) is 12.6 Å². The number of aliphatic hydroxyl groups excluding tert-OH is 4. The number of thiol groups is 1. The van der Waals surface area contributed by atoms with Gasteiger partial charge in [-0.3, -0.25) is 0 Å². The third-order valence-electron chi connectivity index (χ3n) is 2.76. The number of hydrogen-bond donors (Lipinski definition) is 6. The zero-order valence-electron chi connectivity index (χ0n) is 11.2. The van der Waals surface area contributed by atoms with Crippen molar-refractivity contribution in [2.24, 2.45) is 11.7 Å². The molecule has 0 rings (SSSR count). The van der Waals surface area contributed by atoms with Crippen LogP contribution >= 0.6 is 12.6 Å². The molecule has 0 aromatic carbocycles. The molecule has 0 bridgehead atoms. The zero-order chi connectivity index (χ0) is 14.7. The van der Waals surface area contributed by atoms with Crippen LogP contribution in [0.1, 0.15) is 13.3 Å². The Kier molecular flexibility index (Phi) is 13.8. The first-order valence-corrected chi connectivity index (χ1v) is 6.69. The lowest BCUT2D eigenvalue weighted by Gasteiger charge is -2.31. The lowest BCUT2D eigenvalue weighted by Crippen LogP contribution is -2.53. The highest BCUT2D eigenvalue weighted by atomic mass is 32.1. The minimum absolute atomic E-state index is 0.107. The Morgan fingerprint density at radius 3 is 2.00 bits per heavy atom. The van der Waals surface area contributed by atoms with Gasteiger partial charge in [0.25, 0.3) is 0 Å². The lowest BCUT2D eigenvalue weighted by atomic mass is 9.92. The Bertz CT molecular complexity index is 181. The quantitative estimate of drug-likeness (QED) is 0.306. The number of ether oxygens (including phenoxy) is 1. The molecule has 0 saturated heterocycles. The normalized spacial score (nSPS) is 19.2. The van der Waals surface area contributed by atoms with Crippen molar-refractivity contribution < 1.29 is 25.2 Å². The molecule has 0 amide bonds. The molecule has 0 spiro atoms. The fourth-order valence-electron chi connectivity index (χ4n) is 1.49. The summed E-state index contributed by atoms with van der Waals surface area (Å²) in [7, 11) is 1.43. The summed E-state index contributed by atoms with van der Waals surface area (Å²) in [5.74, 6) is -0.465. The molecule has 0 radical (unpaired) electrons. The van der Waals surface area contributed by atoms with Crippen molar-refractivity contribution in [1.29, 1.82) is 0 Å². The van der Waals surface area contributed by atoms with E-state index in [0.717, 1.165) is 0 Å². The minimum atomic E-state index is -1.20. The maximum Gasteiger partial charge on any atom is 0.0978 e. The smallest absolute Gasteiger partial charge is 0.0978 e. The van der Waals surface area contributed by atoms with Crippen LogP contribution in [-0.4, -0.2) is 71.4 Å². The molecule has 7 heteroatoms. The summed E-state index contributed by atoms with van der Waals surface area (Å²) in [5.41, 5.74) is 5.72. The van der Waals surface area contributed by atoms with Crippen LogP contribution in [0, 0.1) is 5.92 Å². The van der Waals surface area contributed by atoms with Gasteiger partial charge in [-0.05, 0) is 12.7 Å². The molecular formula is C11H27NO5S. The van der Waals surface area contributed by atoms with Gasteiger partial charge in [-0.1, -0.05) is 6.92 Å². The fourth-order valence-corrected chi connectivity index (χ4v) is 1.49. The van der Waals surface area contributed by atoms with Crippen LogP contribution in [0.2, 0.25) is 0 Å². The van der Waals surface area contributed by atoms with Crippen LogP contribution in [0.4, 0.5) is 0 Å². The number of nitrogens with two attached hydrogens (primary N) is 1. The first kappa shape index (κ1) is 20.4. The van der Waals surface area contributed by atoms with Crippen molar-refractivity contribution in [2.45, 2.75) is 37.7 Å². The maximum atomic E-state index is 9.77. The van der Waals surface area contributed by atoms with Gasteiger partial charge in [0.15, 0.2) is 0 Å². The molecule has 0 aliphatic heterocycles. The third-order valence-corrected chi connectivity index (χ3v) is 2.76. The van der Waals surface area contributed by atoms with E-state index in [1.807, 2.05) is 0 Å². The van der Waals surface area contributed by atoms with Crippen molar-refractivity contribution in [3.05, 3.63) is 0 Å². The monoisotopic (exact) mass is 285 g/mol. The van der Waals surface area contributed by atoms with Gasteiger partial charge in [-0.25, -0.2) is 0 Å². The molecule has 6 N–H and O–H groups in total. The van der Waals surface area contributed by atoms with E-state index in [1.165, 1.54) is 7.11 Å². The Balaban J connectivity index is 0. The Morgan fingerprint density at radius 2 is 1.67 bits per heavy atom. The van der Waals surface area contributed by atoms with Crippen LogP contribution < -0.4 is 5.73 Å². The Hall–Kier alpha value is 0.110. The van der Waals surface area contributed by atoms with Crippen molar-refractivity contribution in [3.63, 3.8) is 0 Å². The van der Waals surface area contributed by atoms with Crippen LogP contribution in [0.5, 0.6) is 0 Å². The van der Waals surface area contributed by atoms with Crippen molar-refractivity contribution in [1.82, 2.24) is 0 Å². The summed E-state index contributed by atoms with van der Waals surface area (Å²) in [6.07, 6.45) is -0.856. The van der Waals surface area contributed by atoms with E-state index in [0.29, 0.717) is 0 Å². The Labute approximate surface area is 114 Å². The highest BCUT2D eigenvalue weighted by Crippen LogP contribution is 2.13. The van der Waals surface area contributed by atoms with Gasteiger partial charge in [0.1, 0.15) is 0 Å². The second-order valence-electron chi connectivity index (χ2n) is 4.00. The van der Waals surface area contributed by atoms with E-state index < -0.39 is 30.3 Å². The largest absolute Gasteiger partial charge is 0.396 e. The molecule has 0 saturated carbocycles. The van der Waals surface area contributed by atoms with Crippen LogP contribution in [0.25, 0.3) is 0 Å². The van der Waals surface area contributed by atoms with Gasteiger partial charge in [-0.15, -0.1) is 0 Å². The minimum Gasteiger partial charge on any atom is -0.396 e. The van der Waals surface area contributed by atoms with E-state index in [-0.39, 0.29) is 19.6 Å². The molecule has 5 atom stereocenters. The first-order chi connectivity index (χ1) is 8.49. The third kappa shape index (κ3) is 6.89. The van der Waals surface area contributed by atoms with Crippen LogP contribution in [0.3, 0.4) is 0 Å². The predicted molar refractivity (Wildman–Crippen MR) is 73.6 cm³/mol. The van der Waals surface area contributed by atoms with Crippen molar-refractivity contribution >= 4 is 12.6 Å². The average Bonchev–Trinajstić information content (AvgIpc) is 2.43. The molecule has 0 aliphatic carbocycles. The van der Waals surface area contributed by atoms with Gasteiger partial charge in [0.2, 0.25) is 0 Å². The predicted octanol–water partition coefficient (Wildman–Crippen LogP) is -1.39. The van der Waals surface area contributed by atoms with E-state index in [1.54, 1.807) is 13.2 Å². The van der Waals surface area contributed by atoms with Gasteiger partial charge in [0, 0.05) is 26.2 Å². The standard InChI is InChI=1S/C10H23NO5.CH4S/c1-6(5-13)9(14)10(15)8(11)7(16-2)3-4-12;1-2/h6-10,12-15H,3-5,11H2,1-2H3;2H,1H3. The van der Waals surface area contributed by atoms with E-state index in [2.05, 4.69) is 12.6 Å². The molecule has 112 valence electrons. The summed E-state index contributed by atoms with van der Waals surface area (Å²) >= 11 is 3.53. The first-order valence-electron chi connectivity index (χ1n) is 5.80. The second kappa shape index (κ2) is 12.2. The lowest BCUT2D eigenvalue weighted by molar-refractivity contribution is -0.0685. The molecule has 0 fully saturated rings. The summed E-state index contributed by atoms with van der Waals surface area (Å²) in [6.45, 7) is 1.27. The summed E-state index contributed by atoms with van der Waals surface area (Å²) in [5, 5.41) is 37.1. The fraction of sp³-hybridized carbons (Fsp3) is 1.00. The van der Waals surface area contributed by atoms with Crippen LogP contribution in [-0.2, 0) is 4.74 Å². The number of rotatable bonds is 8. The van der Waals surface area contributed by atoms with Crippen molar-refractivity contribution in [2.75, 3.05) is 26.6 Å². The molecule has 0 aliphatic rings. The van der Waals surface area contributed by atoms with E-state index in [9.17, 15) is 10.2 Å². The average molecular weight is 285 g/mol. The molecule has 6 nitrogen and oxygen atoms in total. The van der Waals surface area contributed by atoms with Gasteiger partial charge in [0.05, 0.1) is 24.4 Å². The molecule has 0 aromatic heterocycles. The van der Waals surface area contributed by atoms with Crippen molar-refractivity contribution in [3.8, 4) is 0 Å². The second-order valence-corrected chi connectivity index (χ2v) is 4.00. The number of methoxy groups -OCH3 is 1. The summed E-state index contributed by atoms with van der Waals surface area (Å²) in [4.78, 5) is 0. The van der Waals surface area contributed by atoms with Crippen LogP contribution in [0.15, 0.2) is 0 Å². The number of aliphatic hydroxyl groups is 4.